The number of ether oxygens (including phenoxy) is 3. The molecular weight excluding hydrogens is 332 g/mol. The number of hydrogen-bond donors (Lipinski definition) is 1. The molecule has 2 heterocycles. The molecule has 0 aliphatic carbocycles. The third-order valence-electron chi connectivity index (χ3n) is 4.14. The standard InChI is InChI=1S/C19H26N4O3/c1-5-24-11-15-22-17-18(23(15)4)16-13(21-19(17)20)7-6-8-14(16)26-10-9-25-12(2)3/h6-8,12H,5,9-11H2,1-4H3,(H2,20,21). The minimum absolute atomic E-state index is 0.178. The zero-order valence-electron chi connectivity index (χ0n) is 15.8. The predicted molar refractivity (Wildman–Crippen MR) is 102 cm³/mol. The molecule has 0 bridgehead atoms. The lowest BCUT2D eigenvalue weighted by molar-refractivity contribution is 0.0556. The lowest BCUT2D eigenvalue weighted by Gasteiger charge is -2.13. The Morgan fingerprint density at radius 1 is 1.19 bits per heavy atom. The first-order valence-corrected chi connectivity index (χ1v) is 8.88. The highest BCUT2D eigenvalue weighted by atomic mass is 16.5. The molecule has 1 aromatic carbocycles. The summed E-state index contributed by atoms with van der Waals surface area (Å²) in [5.74, 6) is 1.96. The van der Waals surface area contributed by atoms with Crippen LogP contribution in [0.3, 0.4) is 0 Å². The van der Waals surface area contributed by atoms with Gasteiger partial charge in [-0.1, -0.05) is 6.07 Å². The van der Waals surface area contributed by atoms with Gasteiger partial charge in [0.1, 0.15) is 30.3 Å². The average Bonchev–Trinajstić information content (AvgIpc) is 2.94. The third kappa shape index (κ3) is 3.59. The molecule has 0 aliphatic heterocycles. The van der Waals surface area contributed by atoms with E-state index in [9.17, 15) is 0 Å². The van der Waals surface area contributed by atoms with Crippen molar-refractivity contribution in [2.24, 2.45) is 7.05 Å². The second kappa shape index (κ2) is 7.88. The molecule has 0 amide bonds. The number of rotatable bonds is 8. The molecule has 7 nitrogen and oxygen atoms in total. The Morgan fingerprint density at radius 2 is 2.00 bits per heavy atom. The Balaban J connectivity index is 2.06. The van der Waals surface area contributed by atoms with E-state index in [0.29, 0.717) is 37.8 Å². The molecule has 0 spiro atoms. The van der Waals surface area contributed by atoms with Crippen LogP contribution in [0.5, 0.6) is 5.75 Å². The maximum atomic E-state index is 6.15. The lowest BCUT2D eigenvalue weighted by atomic mass is 10.1. The summed E-state index contributed by atoms with van der Waals surface area (Å²) < 4.78 is 19.1. The fourth-order valence-electron chi connectivity index (χ4n) is 2.92. The number of fused-ring (bicyclic) bond motifs is 3. The molecule has 0 saturated heterocycles. The second-order valence-corrected chi connectivity index (χ2v) is 6.34. The van der Waals surface area contributed by atoms with Crippen LogP contribution in [0.4, 0.5) is 5.82 Å². The summed E-state index contributed by atoms with van der Waals surface area (Å²) in [5.41, 5.74) is 8.51. The summed E-state index contributed by atoms with van der Waals surface area (Å²) in [4.78, 5) is 9.14. The van der Waals surface area contributed by atoms with Crippen molar-refractivity contribution in [3.63, 3.8) is 0 Å². The van der Waals surface area contributed by atoms with E-state index in [2.05, 4.69) is 9.97 Å². The van der Waals surface area contributed by atoms with Gasteiger partial charge in [-0.05, 0) is 32.9 Å². The fraction of sp³-hybridized carbons (Fsp3) is 0.474. The zero-order valence-corrected chi connectivity index (χ0v) is 15.8. The van der Waals surface area contributed by atoms with E-state index in [1.807, 2.05) is 50.6 Å². The van der Waals surface area contributed by atoms with Gasteiger partial charge in [-0.15, -0.1) is 0 Å². The number of aryl methyl sites for hydroxylation is 1. The third-order valence-corrected chi connectivity index (χ3v) is 4.14. The Morgan fingerprint density at radius 3 is 2.73 bits per heavy atom. The van der Waals surface area contributed by atoms with Crippen molar-refractivity contribution in [3.05, 3.63) is 24.0 Å². The molecule has 0 atom stereocenters. The Kier molecular flexibility index (Phi) is 5.58. The molecule has 7 heteroatoms. The molecule has 3 rings (SSSR count). The van der Waals surface area contributed by atoms with Crippen LogP contribution in [0.1, 0.15) is 26.6 Å². The molecule has 26 heavy (non-hydrogen) atoms. The Labute approximate surface area is 153 Å². The van der Waals surface area contributed by atoms with E-state index in [-0.39, 0.29) is 6.10 Å². The van der Waals surface area contributed by atoms with Gasteiger partial charge in [-0.2, -0.15) is 0 Å². The summed E-state index contributed by atoms with van der Waals surface area (Å²) in [5, 5.41) is 0.902. The summed E-state index contributed by atoms with van der Waals surface area (Å²) in [6.45, 7) is 8.01. The molecule has 3 aromatic rings. The molecule has 140 valence electrons. The van der Waals surface area contributed by atoms with Crippen molar-refractivity contribution in [1.82, 2.24) is 14.5 Å². The van der Waals surface area contributed by atoms with Crippen molar-refractivity contribution in [1.29, 1.82) is 0 Å². The number of nitrogens with two attached hydrogens (primary N) is 1. The molecule has 0 radical (unpaired) electrons. The summed E-state index contributed by atoms with van der Waals surface area (Å²) in [6.07, 6.45) is 0.178. The minimum Gasteiger partial charge on any atom is -0.490 e. The number of aromatic nitrogens is 3. The molecule has 0 unspecified atom stereocenters. The van der Waals surface area contributed by atoms with Gasteiger partial charge in [0.15, 0.2) is 5.82 Å². The van der Waals surface area contributed by atoms with Crippen molar-refractivity contribution in [2.75, 3.05) is 25.6 Å². The van der Waals surface area contributed by atoms with Crippen LogP contribution < -0.4 is 10.5 Å². The maximum Gasteiger partial charge on any atom is 0.152 e. The fourth-order valence-corrected chi connectivity index (χ4v) is 2.92. The number of anilines is 1. The van der Waals surface area contributed by atoms with E-state index in [0.717, 1.165) is 28.0 Å². The quantitative estimate of drug-likeness (QED) is 0.623. The van der Waals surface area contributed by atoms with Crippen LogP contribution in [0, 0.1) is 0 Å². The highest BCUT2D eigenvalue weighted by Gasteiger charge is 2.18. The first-order valence-electron chi connectivity index (χ1n) is 8.88. The zero-order chi connectivity index (χ0) is 18.7. The SMILES string of the molecule is CCOCc1nc2c(N)nc3cccc(OCCOC(C)C)c3c2n1C. The number of hydrogen-bond acceptors (Lipinski definition) is 6. The summed E-state index contributed by atoms with van der Waals surface area (Å²) >= 11 is 0. The topological polar surface area (TPSA) is 84.4 Å². The number of nitrogen functional groups attached to an aromatic ring is 1. The number of nitrogens with zero attached hydrogens (tertiary/aromatic N) is 3. The molecule has 2 aromatic heterocycles. The van der Waals surface area contributed by atoms with Crippen LogP contribution in [0.25, 0.3) is 21.9 Å². The number of benzene rings is 1. The van der Waals surface area contributed by atoms with Crippen molar-refractivity contribution >= 4 is 27.8 Å². The van der Waals surface area contributed by atoms with Gasteiger partial charge in [0.05, 0.1) is 29.1 Å². The maximum absolute atomic E-state index is 6.15. The van der Waals surface area contributed by atoms with Gasteiger partial charge in [0, 0.05) is 13.7 Å². The second-order valence-electron chi connectivity index (χ2n) is 6.34. The van der Waals surface area contributed by atoms with Gasteiger partial charge in [0.2, 0.25) is 0 Å². The smallest absolute Gasteiger partial charge is 0.152 e. The normalized spacial score (nSPS) is 11.7. The van der Waals surface area contributed by atoms with Crippen molar-refractivity contribution < 1.29 is 14.2 Å². The van der Waals surface area contributed by atoms with Crippen LogP contribution in [-0.4, -0.2) is 40.5 Å². The number of pyridine rings is 1. The summed E-state index contributed by atoms with van der Waals surface area (Å²) in [7, 11) is 1.96. The van der Waals surface area contributed by atoms with E-state index in [4.69, 9.17) is 19.9 Å². The molecule has 0 fully saturated rings. The van der Waals surface area contributed by atoms with Crippen LogP contribution in [-0.2, 0) is 23.1 Å². The molecule has 0 aliphatic rings. The minimum atomic E-state index is 0.178. The Hall–Kier alpha value is -2.38. The monoisotopic (exact) mass is 358 g/mol. The van der Waals surface area contributed by atoms with E-state index in [1.165, 1.54) is 0 Å². The van der Waals surface area contributed by atoms with Gasteiger partial charge in [0.25, 0.3) is 0 Å². The highest BCUT2D eigenvalue weighted by molar-refractivity contribution is 6.09. The average molecular weight is 358 g/mol. The van der Waals surface area contributed by atoms with Gasteiger partial charge in [-0.25, -0.2) is 9.97 Å². The van der Waals surface area contributed by atoms with Crippen LogP contribution in [0.2, 0.25) is 0 Å². The number of imidazole rings is 1. The first-order chi connectivity index (χ1) is 12.5. The largest absolute Gasteiger partial charge is 0.490 e. The molecular formula is C19H26N4O3. The van der Waals surface area contributed by atoms with Crippen molar-refractivity contribution in [3.8, 4) is 5.75 Å². The summed E-state index contributed by atoms with van der Waals surface area (Å²) in [6, 6.07) is 5.78. The predicted octanol–water partition coefficient (Wildman–Crippen LogP) is 3.04. The highest BCUT2D eigenvalue weighted by Crippen LogP contribution is 2.34. The molecule has 2 N–H and O–H groups in total. The van der Waals surface area contributed by atoms with E-state index in [1.54, 1.807) is 0 Å². The Bertz CT molecular complexity index is 905. The van der Waals surface area contributed by atoms with Gasteiger partial charge < -0.3 is 24.5 Å². The van der Waals surface area contributed by atoms with Crippen molar-refractivity contribution in [2.45, 2.75) is 33.5 Å². The van der Waals surface area contributed by atoms with Gasteiger partial charge in [-0.3, -0.25) is 0 Å². The molecule has 0 saturated carbocycles. The van der Waals surface area contributed by atoms with Crippen LogP contribution in [0.15, 0.2) is 18.2 Å². The first kappa shape index (κ1) is 18.4. The lowest BCUT2D eigenvalue weighted by Crippen LogP contribution is -2.11. The van der Waals surface area contributed by atoms with E-state index < -0.39 is 0 Å². The van der Waals surface area contributed by atoms with E-state index >= 15 is 0 Å². The van der Waals surface area contributed by atoms with Crippen LogP contribution >= 0.6 is 0 Å². The van der Waals surface area contributed by atoms with Gasteiger partial charge >= 0.3 is 0 Å².